The lowest BCUT2D eigenvalue weighted by Gasteiger charge is -2.09. The Balaban J connectivity index is 1.78. The van der Waals surface area contributed by atoms with E-state index in [0.717, 1.165) is 34.9 Å². The van der Waals surface area contributed by atoms with Crippen LogP contribution in [0.25, 0.3) is 0 Å². The Morgan fingerprint density at radius 2 is 1.91 bits per heavy atom. The number of ether oxygens (including phenoxy) is 2. The quantitative estimate of drug-likeness (QED) is 0.676. The molecule has 0 saturated heterocycles. The Labute approximate surface area is 134 Å². The Hall–Kier alpha value is -2.20. The minimum absolute atomic E-state index is 0.674. The lowest BCUT2D eigenvalue weighted by molar-refractivity contribution is 0.297. The zero-order valence-corrected chi connectivity index (χ0v) is 13.1. The van der Waals surface area contributed by atoms with Gasteiger partial charge < -0.3 is 9.47 Å². The molecule has 0 aliphatic carbocycles. The third kappa shape index (κ3) is 3.52. The van der Waals surface area contributed by atoms with Crippen molar-refractivity contribution >= 4 is 23.0 Å². The van der Waals surface area contributed by atoms with E-state index in [1.165, 1.54) is 0 Å². The number of halogens is 1. The summed E-state index contributed by atoms with van der Waals surface area (Å²) in [6.45, 7) is 3.31. The van der Waals surface area contributed by atoms with Gasteiger partial charge in [-0.15, -0.1) is 0 Å². The van der Waals surface area contributed by atoms with Crippen molar-refractivity contribution in [1.82, 2.24) is 0 Å². The maximum atomic E-state index is 5.95. The van der Waals surface area contributed by atoms with Gasteiger partial charge in [-0.3, -0.25) is 5.43 Å². The zero-order chi connectivity index (χ0) is 15.4. The van der Waals surface area contributed by atoms with Crippen molar-refractivity contribution in [1.29, 1.82) is 0 Å². The number of nitrogens with one attached hydrogen (secondary N) is 1. The van der Waals surface area contributed by atoms with Crippen LogP contribution in [-0.4, -0.2) is 18.9 Å². The molecular weight excluding hydrogens is 300 g/mol. The SMILES string of the molecule is C/C(=N/Nc1cccc(Cl)c1)c1ccc2c(c1)OCCCO2. The maximum absolute atomic E-state index is 5.95. The highest BCUT2D eigenvalue weighted by atomic mass is 35.5. The van der Waals surface area contributed by atoms with Gasteiger partial charge in [0.1, 0.15) is 0 Å². The fourth-order valence-electron chi connectivity index (χ4n) is 2.16. The molecule has 0 bridgehead atoms. The topological polar surface area (TPSA) is 42.9 Å². The molecule has 0 atom stereocenters. The van der Waals surface area contributed by atoms with Crippen LogP contribution in [0, 0.1) is 0 Å². The van der Waals surface area contributed by atoms with Crippen molar-refractivity contribution in [2.24, 2.45) is 5.10 Å². The lowest BCUT2D eigenvalue weighted by atomic mass is 10.1. The summed E-state index contributed by atoms with van der Waals surface area (Å²) in [4.78, 5) is 0. The molecule has 0 radical (unpaired) electrons. The maximum Gasteiger partial charge on any atom is 0.161 e. The molecule has 0 aromatic heterocycles. The normalized spacial score (nSPS) is 14.4. The molecule has 0 fully saturated rings. The lowest BCUT2D eigenvalue weighted by Crippen LogP contribution is -2.01. The van der Waals surface area contributed by atoms with Crippen molar-refractivity contribution in [2.45, 2.75) is 13.3 Å². The van der Waals surface area contributed by atoms with Crippen molar-refractivity contribution in [3.8, 4) is 11.5 Å². The molecule has 2 aromatic carbocycles. The summed E-state index contributed by atoms with van der Waals surface area (Å²) in [7, 11) is 0. The van der Waals surface area contributed by atoms with Crippen LogP contribution in [0.15, 0.2) is 47.6 Å². The van der Waals surface area contributed by atoms with Crippen LogP contribution in [-0.2, 0) is 0 Å². The molecule has 0 saturated carbocycles. The Bertz CT molecular complexity index is 701. The highest BCUT2D eigenvalue weighted by Crippen LogP contribution is 2.30. The highest BCUT2D eigenvalue weighted by Gasteiger charge is 2.11. The monoisotopic (exact) mass is 316 g/mol. The van der Waals surface area contributed by atoms with Gasteiger partial charge >= 0.3 is 0 Å². The molecule has 1 N–H and O–H groups in total. The Morgan fingerprint density at radius 3 is 2.73 bits per heavy atom. The number of hydrogen-bond acceptors (Lipinski definition) is 4. The van der Waals surface area contributed by atoms with Crippen LogP contribution in [0.2, 0.25) is 5.02 Å². The zero-order valence-electron chi connectivity index (χ0n) is 12.3. The van der Waals surface area contributed by atoms with Crippen LogP contribution < -0.4 is 14.9 Å². The summed E-state index contributed by atoms with van der Waals surface area (Å²) in [5.41, 5.74) is 5.70. The molecule has 22 heavy (non-hydrogen) atoms. The van der Waals surface area contributed by atoms with Crippen molar-refractivity contribution in [3.63, 3.8) is 0 Å². The third-order valence-electron chi connectivity index (χ3n) is 3.34. The Morgan fingerprint density at radius 1 is 1.09 bits per heavy atom. The first-order valence-electron chi connectivity index (χ1n) is 7.18. The molecule has 0 unspecified atom stereocenters. The van der Waals surface area contributed by atoms with Gasteiger partial charge in [-0.25, -0.2) is 0 Å². The van der Waals surface area contributed by atoms with Gasteiger partial charge in [-0.1, -0.05) is 17.7 Å². The van der Waals surface area contributed by atoms with Crippen molar-refractivity contribution in [2.75, 3.05) is 18.6 Å². The van der Waals surface area contributed by atoms with E-state index in [9.17, 15) is 0 Å². The second-order valence-electron chi connectivity index (χ2n) is 5.03. The van der Waals surface area contributed by atoms with E-state index in [4.69, 9.17) is 21.1 Å². The first-order valence-corrected chi connectivity index (χ1v) is 7.56. The predicted molar refractivity (Wildman–Crippen MR) is 89.3 cm³/mol. The number of rotatable bonds is 3. The first-order chi connectivity index (χ1) is 10.7. The van der Waals surface area contributed by atoms with Gasteiger partial charge in [-0.05, 0) is 43.3 Å². The number of anilines is 1. The number of hydrogen-bond donors (Lipinski definition) is 1. The minimum Gasteiger partial charge on any atom is -0.490 e. The van der Waals surface area contributed by atoms with E-state index in [2.05, 4.69) is 10.5 Å². The van der Waals surface area contributed by atoms with E-state index in [1.54, 1.807) is 0 Å². The summed E-state index contributed by atoms with van der Waals surface area (Å²) in [6, 6.07) is 13.3. The number of fused-ring (bicyclic) bond motifs is 1. The molecule has 0 amide bonds. The Kier molecular flexibility index (Phi) is 4.49. The fourth-order valence-corrected chi connectivity index (χ4v) is 2.35. The first kappa shape index (κ1) is 14.7. The van der Waals surface area contributed by atoms with Crippen molar-refractivity contribution in [3.05, 3.63) is 53.1 Å². The smallest absolute Gasteiger partial charge is 0.161 e. The average molecular weight is 317 g/mol. The van der Waals surface area contributed by atoms with Gasteiger partial charge in [0.05, 0.1) is 24.6 Å². The molecule has 114 valence electrons. The van der Waals surface area contributed by atoms with Crippen LogP contribution >= 0.6 is 11.6 Å². The molecule has 4 nitrogen and oxygen atoms in total. The van der Waals surface area contributed by atoms with E-state index in [-0.39, 0.29) is 0 Å². The van der Waals surface area contributed by atoms with E-state index in [1.807, 2.05) is 49.4 Å². The van der Waals surface area contributed by atoms with Crippen LogP contribution in [0.1, 0.15) is 18.9 Å². The highest BCUT2D eigenvalue weighted by molar-refractivity contribution is 6.30. The van der Waals surface area contributed by atoms with Gasteiger partial charge in [0.15, 0.2) is 11.5 Å². The average Bonchev–Trinajstić information content (AvgIpc) is 2.77. The van der Waals surface area contributed by atoms with Crippen LogP contribution in [0.5, 0.6) is 11.5 Å². The number of nitrogens with zero attached hydrogens (tertiary/aromatic N) is 1. The molecule has 0 spiro atoms. The second kappa shape index (κ2) is 6.71. The standard InChI is InChI=1S/C17H17ClN2O2/c1-12(19-20-15-5-2-4-14(18)11-15)13-6-7-16-17(10-13)22-9-3-8-21-16/h2,4-7,10-11,20H,3,8-9H2,1H3/b19-12-. The molecule has 5 heteroatoms. The largest absolute Gasteiger partial charge is 0.490 e. The van der Waals surface area contributed by atoms with Crippen LogP contribution in [0.4, 0.5) is 5.69 Å². The van der Waals surface area contributed by atoms with Gasteiger partial charge in [0.2, 0.25) is 0 Å². The molecule has 3 rings (SSSR count). The predicted octanol–water partition coefficient (Wildman–Crippen LogP) is 4.34. The van der Waals surface area contributed by atoms with E-state index >= 15 is 0 Å². The molecule has 1 heterocycles. The number of hydrazone groups is 1. The van der Waals surface area contributed by atoms with E-state index < -0.39 is 0 Å². The van der Waals surface area contributed by atoms with E-state index in [0.29, 0.717) is 18.2 Å². The van der Waals surface area contributed by atoms with Gasteiger partial charge in [-0.2, -0.15) is 5.10 Å². The third-order valence-corrected chi connectivity index (χ3v) is 3.58. The molecule has 2 aromatic rings. The minimum atomic E-state index is 0.674. The summed E-state index contributed by atoms with van der Waals surface area (Å²) in [6.07, 6.45) is 0.896. The fraction of sp³-hybridized carbons (Fsp3) is 0.235. The van der Waals surface area contributed by atoms with Gasteiger partial charge in [0, 0.05) is 17.0 Å². The van der Waals surface area contributed by atoms with Gasteiger partial charge in [0.25, 0.3) is 0 Å². The summed E-state index contributed by atoms with van der Waals surface area (Å²) in [5.74, 6) is 1.56. The summed E-state index contributed by atoms with van der Waals surface area (Å²) >= 11 is 5.95. The molecule has 1 aliphatic rings. The molecule has 1 aliphatic heterocycles. The van der Waals surface area contributed by atoms with Crippen molar-refractivity contribution < 1.29 is 9.47 Å². The molecular formula is C17H17ClN2O2. The second-order valence-corrected chi connectivity index (χ2v) is 5.47. The summed E-state index contributed by atoms with van der Waals surface area (Å²) < 4.78 is 11.3. The summed E-state index contributed by atoms with van der Waals surface area (Å²) in [5, 5.41) is 5.06. The number of benzene rings is 2. The van der Waals surface area contributed by atoms with Crippen LogP contribution in [0.3, 0.4) is 0 Å².